The van der Waals surface area contributed by atoms with Crippen LogP contribution in [0.2, 0.25) is 0 Å². The molecule has 0 radical (unpaired) electrons. The van der Waals surface area contributed by atoms with Crippen LogP contribution in [0.5, 0.6) is 0 Å². The van der Waals surface area contributed by atoms with Gasteiger partial charge in [0.15, 0.2) is 0 Å². The second-order valence-corrected chi connectivity index (χ2v) is 5.89. The molecule has 0 fully saturated rings. The number of rotatable bonds is 5. The Morgan fingerprint density at radius 2 is 1.88 bits per heavy atom. The predicted octanol–water partition coefficient (Wildman–Crippen LogP) is 4.21. The Balaban J connectivity index is 1.58. The van der Waals surface area contributed by atoms with Crippen LogP contribution in [-0.4, -0.2) is 16.1 Å². The number of aromatic nitrogens is 2. The third-order valence-corrected chi connectivity index (χ3v) is 3.96. The van der Waals surface area contributed by atoms with Crippen molar-refractivity contribution >= 4 is 27.5 Å². The first kappa shape index (κ1) is 16.3. The first-order chi connectivity index (χ1) is 11.6. The number of hydrogen-bond acceptors (Lipinski definition) is 4. The van der Waals surface area contributed by atoms with E-state index in [4.69, 9.17) is 4.42 Å². The highest BCUT2D eigenvalue weighted by molar-refractivity contribution is 9.10. The molecule has 1 amide bonds. The van der Waals surface area contributed by atoms with Gasteiger partial charge in [-0.05, 0) is 52.3 Å². The Hall–Kier alpha value is -2.54. The van der Waals surface area contributed by atoms with Crippen LogP contribution in [0.15, 0.2) is 57.4 Å². The molecule has 0 aliphatic rings. The largest absolute Gasteiger partial charge is 0.421 e. The van der Waals surface area contributed by atoms with Gasteiger partial charge in [0.25, 0.3) is 0 Å². The Morgan fingerprint density at radius 3 is 2.62 bits per heavy atom. The highest BCUT2D eigenvalue weighted by atomic mass is 79.9. The number of carbonyl (C=O) groups is 1. The molecule has 0 unspecified atom stereocenters. The smallest absolute Gasteiger partial charge is 0.247 e. The highest BCUT2D eigenvalue weighted by Gasteiger charge is 2.11. The van der Waals surface area contributed by atoms with Crippen LogP contribution in [0.3, 0.4) is 0 Å². The average Bonchev–Trinajstić information content (AvgIpc) is 3.05. The SMILES string of the molecule is O=C(CCc1nnc(-c2ccc(F)cc2)o1)Nc1ccccc1Br. The molecule has 1 N–H and O–H groups in total. The molecule has 0 saturated heterocycles. The second-order valence-electron chi connectivity index (χ2n) is 5.04. The third-order valence-electron chi connectivity index (χ3n) is 3.27. The Morgan fingerprint density at radius 1 is 1.12 bits per heavy atom. The Labute approximate surface area is 146 Å². The molecule has 0 aliphatic heterocycles. The van der Waals surface area contributed by atoms with Crippen molar-refractivity contribution in [3.63, 3.8) is 0 Å². The van der Waals surface area contributed by atoms with E-state index in [0.717, 1.165) is 4.47 Å². The summed E-state index contributed by atoms with van der Waals surface area (Å²) in [5.74, 6) is 0.179. The van der Waals surface area contributed by atoms with Crippen molar-refractivity contribution in [2.45, 2.75) is 12.8 Å². The van der Waals surface area contributed by atoms with Crippen LogP contribution in [0, 0.1) is 5.82 Å². The van der Waals surface area contributed by atoms with Crippen molar-refractivity contribution in [2.75, 3.05) is 5.32 Å². The van der Waals surface area contributed by atoms with E-state index < -0.39 is 0 Å². The van der Waals surface area contributed by atoms with Crippen molar-refractivity contribution in [1.82, 2.24) is 10.2 Å². The summed E-state index contributed by atoms with van der Waals surface area (Å²) in [7, 11) is 0. The molecule has 122 valence electrons. The summed E-state index contributed by atoms with van der Waals surface area (Å²) < 4.78 is 19.2. The third kappa shape index (κ3) is 4.05. The molecule has 2 aromatic carbocycles. The number of benzene rings is 2. The zero-order chi connectivity index (χ0) is 16.9. The highest BCUT2D eigenvalue weighted by Crippen LogP contribution is 2.22. The molecule has 0 aliphatic carbocycles. The first-order valence-corrected chi connectivity index (χ1v) is 8.04. The summed E-state index contributed by atoms with van der Waals surface area (Å²) >= 11 is 3.37. The van der Waals surface area contributed by atoms with Gasteiger partial charge < -0.3 is 9.73 Å². The Kier molecular flexibility index (Phi) is 5.00. The lowest BCUT2D eigenvalue weighted by molar-refractivity contribution is -0.116. The molecule has 3 aromatic rings. The zero-order valence-electron chi connectivity index (χ0n) is 12.5. The molecule has 1 aromatic heterocycles. The summed E-state index contributed by atoms with van der Waals surface area (Å²) in [4.78, 5) is 12.0. The lowest BCUT2D eigenvalue weighted by Gasteiger charge is -2.05. The van der Waals surface area contributed by atoms with E-state index in [0.29, 0.717) is 29.5 Å². The quantitative estimate of drug-likeness (QED) is 0.709. The van der Waals surface area contributed by atoms with Crippen molar-refractivity contribution < 1.29 is 13.6 Å². The molecule has 0 atom stereocenters. The standard InChI is InChI=1S/C17H13BrFN3O2/c18-13-3-1-2-4-14(13)20-15(23)9-10-16-21-22-17(24-16)11-5-7-12(19)8-6-11/h1-8H,9-10H2,(H,20,23). The van der Waals surface area contributed by atoms with Crippen molar-refractivity contribution in [3.05, 3.63) is 64.7 Å². The topological polar surface area (TPSA) is 68.0 Å². The van der Waals surface area contributed by atoms with E-state index in [1.807, 2.05) is 18.2 Å². The van der Waals surface area contributed by atoms with Gasteiger partial charge in [-0.15, -0.1) is 10.2 Å². The minimum atomic E-state index is -0.331. The summed E-state index contributed by atoms with van der Waals surface area (Å²) in [6, 6.07) is 13.1. The number of anilines is 1. The van der Waals surface area contributed by atoms with Gasteiger partial charge in [0.2, 0.25) is 17.7 Å². The van der Waals surface area contributed by atoms with Gasteiger partial charge in [0.1, 0.15) is 5.82 Å². The van der Waals surface area contributed by atoms with E-state index in [2.05, 4.69) is 31.4 Å². The first-order valence-electron chi connectivity index (χ1n) is 7.24. The maximum atomic E-state index is 12.9. The summed E-state index contributed by atoms with van der Waals surface area (Å²) in [5, 5.41) is 10.6. The van der Waals surface area contributed by atoms with Crippen LogP contribution >= 0.6 is 15.9 Å². The van der Waals surface area contributed by atoms with Gasteiger partial charge in [-0.3, -0.25) is 4.79 Å². The summed E-state index contributed by atoms with van der Waals surface area (Å²) in [5.41, 5.74) is 1.34. The molecule has 1 heterocycles. The van der Waals surface area contributed by atoms with Gasteiger partial charge in [-0.2, -0.15) is 0 Å². The van der Waals surface area contributed by atoms with E-state index in [-0.39, 0.29) is 18.1 Å². The van der Waals surface area contributed by atoms with Gasteiger partial charge in [-0.25, -0.2) is 4.39 Å². The summed E-state index contributed by atoms with van der Waals surface area (Å²) in [6.07, 6.45) is 0.539. The van der Waals surface area contributed by atoms with Crippen molar-refractivity contribution in [3.8, 4) is 11.5 Å². The maximum Gasteiger partial charge on any atom is 0.247 e. The van der Waals surface area contributed by atoms with E-state index in [9.17, 15) is 9.18 Å². The monoisotopic (exact) mass is 389 g/mol. The van der Waals surface area contributed by atoms with E-state index in [1.165, 1.54) is 12.1 Å². The number of hydrogen-bond donors (Lipinski definition) is 1. The lowest BCUT2D eigenvalue weighted by atomic mass is 10.2. The van der Waals surface area contributed by atoms with Gasteiger partial charge in [0.05, 0.1) is 5.69 Å². The Bertz CT molecular complexity index is 849. The number of nitrogens with one attached hydrogen (secondary N) is 1. The molecule has 0 bridgehead atoms. The number of aryl methyl sites for hydroxylation is 1. The van der Waals surface area contributed by atoms with Crippen LogP contribution in [0.25, 0.3) is 11.5 Å². The zero-order valence-corrected chi connectivity index (χ0v) is 14.1. The van der Waals surface area contributed by atoms with Crippen LogP contribution in [0.1, 0.15) is 12.3 Å². The van der Waals surface area contributed by atoms with Crippen LogP contribution in [-0.2, 0) is 11.2 Å². The van der Waals surface area contributed by atoms with Gasteiger partial charge >= 0.3 is 0 Å². The average molecular weight is 390 g/mol. The fraction of sp³-hybridized carbons (Fsp3) is 0.118. The maximum absolute atomic E-state index is 12.9. The molecule has 0 spiro atoms. The minimum Gasteiger partial charge on any atom is -0.421 e. The molecule has 7 heteroatoms. The second kappa shape index (κ2) is 7.35. The lowest BCUT2D eigenvalue weighted by Crippen LogP contribution is -2.12. The molecular weight excluding hydrogens is 377 g/mol. The summed E-state index contributed by atoms with van der Waals surface area (Å²) in [6.45, 7) is 0. The molecule has 24 heavy (non-hydrogen) atoms. The normalized spacial score (nSPS) is 10.6. The number of amides is 1. The van der Waals surface area contributed by atoms with Crippen molar-refractivity contribution in [1.29, 1.82) is 0 Å². The number of carbonyl (C=O) groups excluding carboxylic acids is 1. The molecular formula is C17H13BrFN3O2. The molecule has 5 nitrogen and oxygen atoms in total. The van der Waals surface area contributed by atoms with Crippen molar-refractivity contribution in [2.24, 2.45) is 0 Å². The van der Waals surface area contributed by atoms with Gasteiger partial charge in [-0.1, -0.05) is 12.1 Å². The number of nitrogens with zero attached hydrogens (tertiary/aromatic N) is 2. The fourth-order valence-electron chi connectivity index (χ4n) is 2.06. The van der Waals surface area contributed by atoms with E-state index in [1.54, 1.807) is 18.2 Å². The van der Waals surface area contributed by atoms with Gasteiger partial charge in [0, 0.05) is 22.9 Å². The van der Waals surface area contributed by atoms with Crippen LogP contribution in [0.4, 0.5) is 10.1 Å². The predicted molar refractivity (Wildman–Crippen MR) is 90.8 cm³/mol. The van der Waals surface area contributed by atoms with E-state index >= 15 is 0 Å². The minimum absolute atomic E-state index is 0.150. The molecule has 3 rings (SSSR count). The van der Waals surface area contributed by atoms with Crippen LogP contribution < -0.4 is 5.32 Å². The fourth-order valence-corrected chi connectivity index (χ4v) is 2.44. The molecule has 0 saturated carbocycles. The number of halogens is 2. The number of para-hydroxylation sites is 1.